The highest BCUT2D eigenvalue weighted by atomic mass is 16.7. The summed E-state index contributed by atoms with van der Waals surface area (Å²) in [6.45, 7) is 0.964. The molecular formula is C25H30N8O4. The van der Waals surface area contributed by atoms with Crippen LogP contribution in [-0.2, 0) is 6.42 Å². The van der Waals surface area contributed by atoms with E-state index >= 15 is 0 Å². The van der Waals surface area contributed by atoms with Crippen LogP contribution in [0.25, 0.3) is 5.69 Å². The SMILES string of the molecule is COc1c2c(cc3c1[C@@H](c1nnnn1-c1ccc(C(=O)N=C(N(C)C)N(C)C)cc1)N(C)CC3)OCO2. The minimum Gasteiger partial charge on any atom is -0.492 e. The van der Waals surface area contributed by atoms with Gasteiger partial charge in [0.15, 0.2) is 17.3 Å². The lowest BCUT2D eigenvalue weighted by molar-refractivity contribution is 0.0999. The van der Waals surface area contributed by atoms with Gasteiger partial charge in [-0.1, -0.05) is 0 Å². The monoisotopic (exact) mass is 506 g/mol. The number of methoxy groups -OCH3 is 1. The molecule has 0 fully saturated rings. The molecule has 0 saturated carbocycles. The second-order valence-electron chi connectivity index (χ2n) is 9.35. The summed E-state index contributed by atoms with van der Waals surface area (Å²) < 4.78 is 18.9. The molecular weight excluding hydrogens is 476 g/mol. The van der Waals surface area contributed by atoms with Crippen molar-refractivity contribution in [1.29, 1.82) is 0 Å². The molecule has 0 radical (unpaired) electrons. The zero-order valence-electron chi connectivity index (χ0n) is 21.8. The molecule has 5 rings (SSSR count). The number of fused-ring (bicyclic) bond motifs is 2. The third-order valence-corrected chi connectivity index (χ3v) is 6.49. The molecule has 1 aromatic heterocycles. The number of aromatic nitrogens is 4. The highest BCUT2D eigenvalue weighted by Gasteiger charge is 2.37. The van der Waals surface area contributed by atoms with Crippen molar-refractivity contribution in [2.24, 2.45) is 4.99 Å². The zero-order valence-corrected chi connectivity index (χ0v) is 21.8. The first-order valence-corrected chi connectivity index (χ1v) is 11.9. The Morgan fingerprint density at radius 2 is 1.86 bits per heavy atom. The van der Waals surface area contributed by atoms with Crippen LogP contribution < -0.4 is 14.2 Å². The van der Waals surface area contributed by atoms with Gasteiger partial charge in [0, 0.05) is 45.9 Å². The van der Waals surface area contributed by atoms with Gasteiger partial charge in [0.1, 0.15) is 6.04 Å². The summed E-state index contributed by atoms with van der Waals surface area (Å²) in [6, 6.07) is 8.82. The van der Waals surface area contributed by atoms with Crippen molar-refractivity contribution in [2.45, 2.75) is 12.5 Å². The molecule has 0 saturated heterocycles. The molecule has 1 atom stereocenters. The lowest BCUT2D eigenvalue weighted by Gasteiger charge is -2.34. The van der Waals surface area contributed by atoms with Crippen molar-refractivity contribution < 1.29 is 19.0 Å². The molecule has 0 unspecified atom stereocenters. The summed E-state index contributed by atoms with van der Waals surface area (Å²) in [5.41, 5.74) is 3.25. The molecule has 2 aromatic carbocycles. The first-order chi connectivity index (χ1) is 17.8. The van der Waals surface area contributed by atoms with Crippen LogP contribution in [0, 0.1) is 0 Å². The van der Waals surface area contributed by atoms with Gasteiger partial charge in [-0.15, -0.1) is 5.10 Å². The molecule has 12 nitrogen and oxygen atoms in total. The van der Waals surface area contributed by atoms with Crippen molar-refractivity contribution in [3.8, 4) is 22.9 Å². The van der Waals surface area contributed by atoms with E-state index in [0.717, 1.165) is 29.8 Å². The number of guanidine groups is 1. The van der Waals surface area contributed by atoms with Crippen LogP contribution in [0.5, 0.6) is 17.2 Å². The van der Waals surface area contributed by atoms with Gasteiger partial charge in [-0.05, 0) is 59.8 Å². The van der Waals surface area contributed by atoms with Crippen LogP contribution in [0.2, 0.25) is 0 Å². The van der Waals surface area contributed by atoms with E-state index in [1.54, 1.807) is 33.7 Å². The number of nitrogens with zero attached hydrogens (tertiary/aromatic N) is 8. The van der Waals surface area contributed by atoms with Gasteiger partial charge in [0.2, 0.25) is 18.5 Å². The van der Waals surface area contributed by atoms with E-state index in [0.29, 0.717) is 34.6 Å². The van der Waals surface area contributed by atoms with Gasteiger partial charge in [-0.25, -0.2) is 0 Å². The average Bonchev–Trinajstić information content (AvgIpc) is 3.55. The summed E-state index contributed by atoms with van der Waals surface area (Å²) in [6.07, 6.45) is 0.829. The normalized spacial score (nSPS) is 16.2. The number of hydrogen-bond donors (Lipinski definition) is 0. The fraction of sp³-hybridized carbons (Fsp3) is 0.400. The molecule has 3 heterocycles. The van der Waals surface area contributed by atoms with Crippen molar-refractivity contribution in [2.75, 3.05) is 55.7 Å². The molecule has 0 N–H and O–H groups in total. The predicted octanol–water partition coefficient (Wildman–Crippen LogP) is 1.60. The number of likely N-dealkylation sites (N-methyl/N-ethyl adjacent to an activating group) is 1. The minimum atomic E-state index is -0.331. The quantitative estimate of drug-likeness (QED) is 0.382. The Labute approximate surface area is 215 Å². The van der Waals surface area contributed by atoms with Crippen LogP contribution in [0.3, 0.4) is 0 Å². The van der Waals surface area contributed by atoms with Gasteiger partial charge >= 0.3 is 0 Å². The Balaban J connectivity index is 1.51. The lowest BCUT2D eigenvalue weighted by Crippen LogP contribution is -2.36. The minimum absolute atomic E-state index is 0.159. The van der Waals surface area contributed by atoms with E-state index in [-0.39, 0.29) is 18.7 Å². The number of tetrazole rings is 1. The molecule has 194 valence electrons. The third-order valence-electron chi connectivity index (χ3n) is 6.49. The van der Waals surface area contributed by atoms with Gasteiger partial charge in [0.25, 0.3) is 5.91 Å². The molecule has 0 spiro atoms. The van der Waals surface area contributed by atoms with Gasteiger partial charge in [-0.3, -0.25) is 9.69 Å². The maximum absolute atomic E-state index is 12.8. The number of aliphatic imine (C=N–C) groups is 1. The number of carbonyl (C=O) groups is 1. The fourth-order valence-electron chi connectivity index (χ4n) is 4.81. The Hall–Kier alpha value is -4.19. The van der Waals surface area contributed by atoms with E-state index in [9.17, 15) is 4.79 Å². The second-order valence-corrected chi connectivity index (χ2v) is 9.35. The topological polar surface area (TPSA) is 110 Å². The molecule has 3 aromatic rings. The maximum Gasteiger partial charge on any atom is 0.280 e. The Morgan fingerprint density at radius 1 is 1.14 bits per heavy atom. The number of rotatable bonds is 4. The highest BCUT2D eigenvalue weighted by Crippen LogP contribution is 2.50. The summed E-state index contributed by atoms with van der Waals surface area (Å²) in [7, 11) is 11.0. The number of ether oxygens (including phenoxy) is 3. The number of amides is 1. The third kappa shape index (κ3) is 4.33. The van der Waals surface area contributed by atoms with Crippen molar-refractivity contribution in [1.82, 2.24) is 34.9 Å². The molecule has 0 bridgehead atoms. The number of hydrogen-bond acceptors (Lipinski definition) is 8. The van der Waals surface area contributed by atoms with Crippen LogP contribution in [-0.4, -0.2) is 102 Å². The van der Waals surface area contributed by atoms with Crippen molar-refractivity contribution in [3.63, 3.8) is 0 Å². The molecule has 12 heteroatoms. The fourth-order valence-corrected chi connectivity index (χ4v) is 4.81. The molecule has 2 aliphatic rings. The molecule has 37 heavy (non-hydrogen) atoms. The largest absolute Gasteiger partial charge is 0.492 e. The Kier molecular flexibility index (Phi) is 6.42. The molecule has 0 aliphatic carbocycles. The lowest BCUT2D eigenvalue weighted by atomic mass is 9.90. The van der Waals surface area contributed by atoms with Crippen LogP contribution in [0.1, 0.15) is 33.4 Å². The van der Waals surface area contributed by atoms with E-state index < -0.39 is 0 Å². The summed E-state index contributed by atoms with van der Waals surface area (Å²) >= 11 is 0. The Bertz CT molecular complexity index is 1340. The van der Waals surface area contributed by atoms with Crippen LogP contribution in [0.4, 0.5) is 0 Å². The van der Waals surface area contributed by atoms with E-state index in [1.165, 1.54) is 0 Å². The number of carbonyl (C=O) groups excluding carboxylic acids is 1. The first kappa shape index (κ1) is 24.5. The van der Waals surface area contributed by atoms with E-state index in [2.05, 4.69) is 25.4 Å². The number of benzene rings is 2. The summed E-state index contributed by atoms with van der Waals surface area (Å²) in [5.74, 6) is 2.77. The van der Waals surface area contributed by atoms with Crippen LogP contribution in [0.15, 0.2) is 35.3 Å². The average molecular weight is 507 g/mol. The zero-order chi connectivity index (χ0) is 26.3. The van der Waals surface area contributed by atoms with E-state index in [1.807, 2.05) is 53.4 Å². The van der Waals surface area contributed by atoms with Gasteiger partial charge in [-0.2, -0.15) is 9.67 Å². The van der Waals surface area contributed by atoms with Crippen LogP contribution >= 0.6 is 0 Å². The van der Waals surface area contributed by atoms with Crippen molar-refractivity contribution >= 4 is 11.9 Å². The molecule has 2 aliphatic heterocycles. The Morgan fingerprint density at radius 3 is 2.54 bits per heavy atom. The molecule has 1 amide bonds. The smallest absolute Gasteiger partial charge is 0.280 e. The maximum atomic E-state index is 12.8. The summed E-state index contributed by atoms with van der Waals surface area (Å²) in [5, 5.41) is 12.7. The standard InChI is InChI=1S/C25H30N8O4/c1-30(2)25(31(3)4)26-24(34)15-7-9-17(10-8-15)33-23(27-28-29-33)20-19-16(11-12-32(20)5)13-18-21(22(19)35-6)37-14-36-18/h7-10,13,20H,11-12,14H2,1-6H3/t20-/m0/s1. The predicted molar refractivity (Wildman–Crippen MR) is 136 cm³/mol. The highest BCUT2D eigenvalue weighted by molar-refractivity contribution is 6.02. The van der Waals surface area contributed by atoms with Gasteiger partial charge < -0.3 is 24.0 Å². The first-order valence-electron chi connectivity index (χ1n) is 11.9. The summed E-state index contributed by atoms with van der Waals surface area (Å²) in [4.78, 5) is 22.8. The second kappa shape index (κ2) is 9.69. The van der Waals surface area contributed by atoms with E-state index in [4.69, 9.17) is 14.2 Å². The van der Waals surface area contributed by atoms with Gasteiger partial charge in [0.05, 0.1) is 12.8 Å². The van der Waals surface area contributed by atoms with Crippen molar-refractivity contribution in [3.05, 3.63) is 52.8 Å².